The lowest BCUT2D eigenvalue weighted by atomic mass is 10.1. The van der Waals surface area contributed by atoms with Crippen LogP contribution in [0.4, 0.5) is 0 Å². The fourth-order valence-corrected chi connectivity index (χ4v) is 1.21. The fourth-order valence-electron chi connectivity index (χ4n) is 1.21. The van der Waals surface area contributed by atoms with E-state index in [2.05, 4.69) is 0 Å². The number of aryl methyl sites for hydroxylation is 1. The van der Waals surface area contributed by atoms with E-state index in [4.69, 9.17) is 15.6 Å². The average molecular weight is 181 g/mol. The number of benzene rings is 1. The second-order valence-electron chi connectivity index (χ2n) is 3.07. The lowest BCUT2D eigenvalue weighted by Gasteiger charge is -2.11. The van der Waals surface area contributed by atoms with E-state index in [0.29, 0.717) is 0 Å². The summed E-state index contributed by atoms with van der Waals surface area (Å²) in [5.74, 6) is 0.777. The molecule has 0 heterocycles. The zero-order valence-electron chi connectivity index (χ0n) is 7.95. The largest absolute Gasteiger partial charge is 0.497 e. The van der Waals surface area contributed by atoms with E-state index in [9.17, 15) is 0 Å². The van der Waals surface area contributed by atoms with Gasteiger partial charge in [0, 0.05) is 0 Å². The highest BCUT2D eigenvalue weighted by Crippen LogP contribution is 2.20. The molecule has 0 amide bonds. The molecule has 0 saturated carbocycles. The molecule has 0 spiro atoms. The molecule has 1 aromatic carbocycles. The molecule has 72 valence electrons. The standard InChI is InChI=1S/C10H15NO2/c1-7-3-8(10(11)6-12)5-9(4-7)13-2/h3-5,10,12H,6,11H2,1-2H3/t10-/m0/s1. The minimum atomic E-state index is -0.325. The van der Waals surface area contributed by atoms with Gasteiger partial charge >= 0.3 is 0 Å². The molecule has 0 fully saturated rings. The zero-order valence-corrected chi connectivity index (χ0v) is 7.95. The maximum atomic E-state index is 8.88. The molecule has 13 heavy (non-hydrogen) atoms. The lowest BCUT2D eigenvalue weighted by molar-refractivity contribution is 0.267. The van der Waals surface area contributed by atoms with Crippen molar-refractivity contribution in [1.29, 1.82) is 0 Å². The molecule has 0 radical (unpaired) electrons. The SMILES string of the molecule is COc1cc(C)cc([C@@H](N)CO)c1. The number of methoxy groups -OCH3 is 1. The lowest BCUT2D eigenvalue weighted by Crippen LogP contribution is -2.14. The first-order valence-corrected chi connectivity index (χ1v) is 4.19. The number of aliphatic hydroxyl groups is 1. The summed E-state index contributed by atoms with van der Waals surface area (Å²) in [6.07, 6.45) is 0. The van der Waals surface area contributed by atoms with Crippen molar-refractivity contribution in [3.8, 4) is 5.75 Å². The normalized spacial score (nSPS) is 12.6. The number of rotatable bonds is 3. The van der Waals surface area contributed by atoms with E-state index in [1.807, 2.05) is 25.1 Å². The van der Waals surface area contributed by atoms with Crippen molar-refractivity contribution in [2.24, 2.45) is 5.73 Å². The first-order chi connectivity index (χ1) is 6.17. The van der Waals surface area contributed by atoms with Gasteiger partial charge < -0.3 is 15.6 Å². The molecule has 0 aliphatic heterocycles. The molecule has 0 saturated heterocycles. The van der Waals surface area contributed by atoms with Gasteiger partial charge in [0.05, 0.1) is 19.8 Å². The molecule has 1 atom stereocenters. The van der Waals surface area contributed by atoms with Gasteiger partial charge in [-0.15, -0.1) is 0 Å². The molecule has 3 heteroatoms. The van der Waals surface area contributed by atoms with Crippen molar-refractivity contribution in [1.82, 2.24) is 0 Å². The molecule has 1 rings (SSSR count). The van der Waals surface area contributed by atoms with Crippen LogP contribution in [-0.2, 0) is 0 Å². The van der Waals surface area contributed by atoms with Crippen molar-refractivity contribution in [2.75, 3.05) is 13.7 Å². The third-order valence-electron chi connectivity index (χ3n) is 1.93. The summed E-state index contributed by atoms with van der Waals surface area (Å²) in [5, 5.41) is 8.88. The Bertz CT molecular complexity index is 286. The number of ether oxygens (including phenoxy) is 1. The molecule has 0 aliphatic rings. The summed E-state index contributed by atoms with van der Waals surface area (Å²) < 4.78 is 5.09. The maximum Gasteiger partial charge on any atom is 0.119 e. The molecule has 3 N–H and O–H groups in total. The van der Waals surface area contributed by atoms with Crippen LogP contribution in [0.2, 0.25) is 0 Å². The predicted molar refractivity (Wildman–Crippen MR) is 51.7 cm³/mol. The van der Waals surface area contributed by atoms with Crippen LogP contribution in [0.3, 0.4) is 0 Å². The smallest absolute Gasteiger partial charge is 0.119 e. The van der Waals surface area contributed by atoms with Gasteiger partial charge in [0.15, 0.2) is 0 Å². The molecule has 0 aliphatic carbocycles. The Morgan fingerprint density at radius 2 is 2.15 bits per heavy atom. The molecule has 0 aromatic heterocycles. The van der Waals surface area contributed by atoms with Crippen LogP contribution >= 0.6 is 0 Å². The van der Waals surface area contributed by atoms with Crippen molar-refractivity contribution in [3.63, 3.8) is 0 Å². The minimum Gasteiger partial charge on any atom is -0.497 e. The van der Waals surface area contributed by atoms with Crippen LogP contribution in [0.15, 0.2) is 18.2 Å². The van der Waals surface area contributed by atoms with Gasteiger partial charge in [0.25, 0.3) is 0 Å². The second-order valence-corrected chi connectivity index (χ2v) is 3.07. The topological polar surface area (TPSA) is 55.5 Å². The summed E-state index contributed by atoms with van der Waals surface area (Å²) in [6, 6.07) is 5.39. The summed E-state index contributed by atoms with van der Waals surface area (Å²) in [7, 11) is 1.61. The van der Waals surface area contributed by atoms with Crippen molar-refractivity contribution < 1.29 is 9.84 Å². The molecule has 0 bridgehead atoms. The molecular weight excluding hydrogens is 166 g/mol. The third kappa shape index (κ3) is 2.44. The second kappa shape index (κ2) is 4.25. The van der Waals surface area contributed by atoms with Gasteiger partial charge in [-0.3, -0.25) is 0 Å². The Kier molecular flexibility index (Phi) is 3.28. The highest BCUT2D eigenvalue weighted by molar-refractivity contribution is 5.35. The van der Waals surface area contributed by atoms with E-state index in [-0.39, 0.29) is 12.6 Å². The van der Waals surface area contributed by atoms with Crippen molar-refractivity contribution >= 4 is 0 Å². The van der Waals surface area contributed by atoms with Gasteiger partial charge in [-0.05, 0) is 30.2 Å². The first kappa shape index (κ1) is 10.0. The maximum absolute atomic E-state index is 8.88. The van der Waals surface area contributed by atoms with Crippen LogP contribution in [0.5, 0.6) is 5.75 Å². The quantitative estimate of drug-likeness (QED) is 0.731. The van der Waals surface area contributed by atoms with E-state index in [0.717, 1.165) is 16.9 Å². The van der Waals surface area contributed by atoms with Crippen LogP contribution in [0, 0.1) is 6.92 Å². The first-order valence-electron chi connectivity index (χ1n) is 4.19. The number of nitrogens with two attached hydrogens (primary N) is 1. The highest BCUT2D eigenvalue weighted by Gasteiger charge is 2.06. The van der Waals surface area contributed by atoms with Gasteiger partial charge in [-0.25, -0.2) is 0 Å². The Labute approximate surface area is 78.1 Å². The third-order valence-corrected chi connectivity index (χ3v) is 1.93. The molecule has 3 nitrogen and oxygen atoms in total. The molecular formula is C10H15NO2. The van der Waals surface area contributed by atoms with Gasteiger partial charge in [-0.1, -0.05) is 6.07 Å². The monoisotopic (exact) mass is 181 g/mol. The van der Waals surface area contributed by atoms with Crippen LogP contribution in [-0.4, -0.2) is 18.8 Å². The summed E-state index contributed by atoms with van der Waals surface area (Å²) in [5.41, 5.74) is 7.67. The van der Waals surface area contributed by atoms with Gasteiger partial charge in [-0.2, -0.15) is 0 Å². The van der Waals surface area contributed by atoms with E-state index in [1.165, 1.54) is 0 Å². The Morgan fingerprint density at radius 3 is 2.69 bits per heavy atom. The van der Waals surface area contributed by atoms with Gasteiger partial charge in [0.2, 0.25) is 0 Å². The van der Waals surface area contributed by atoms with Gasteiger partial charge in [0.1, 0.15) is 5.75 Å². The summed E-state index contributed by atoms with van der Waals surface area (Å²) >= 11 is 0. The van der Waals surface area contributed by atoms with Crippen LogP contribution in [0.25, 0.3) is 0 Å². The van der Waals surface area contributed by atoms with E-state index in [1.54, 1.807) is 7.11 Å². The Morgan fingerprint density at radius 1 is 1.46 bits per heavy atom. The van der Waals surface area contributed by atoms with E-state index < -0.39 is 0 Å². The van der Waals surface area contributed by atoms with Crippen molar-refractivity contribution in [2.45, 2.75) is 13.0 Å². The number of hydrogen-bond donors (Lipinski definition) is 2. The molecule has 1 aromatic rings. The van der Waals surface area contributed by atoms with Crippen LogP contribution in [0.1, 0.15) is 17.2 Å². The number of aliphatic hydroxyl groups excluding tert-OH is 1. The Hall–Kier alpha value is -1.06. The predicted octanol–water partition coefficient (Wildman–Crippen LogP) is 0.996. The average Bonchev–Trinajstić information content (AvgIpc) is 2.15. The summed E-state index contributed by atoms with van der Waals surface area (Å²) in [4.78, 5) is 0. The summed E-state index contributed by atoms with van der Waals surface area (Å²) in [6.45, 7) is 1.92. The number of hydrogen-bond acceptors (Lipinski definition) is 3. The van der Waals surface area contributed by atoms with E-state index >= 15 is 0 Å². The van der Waals surface area contributed by atoms with Crippen LogP contribution < -0.4 is 10.5 Å². The van der Waals surface area contributed by atoms with Crippen molar-refractivity contribution in [3.05, 3.63) is 29.3 Å². The Balaban J connectivity index is 3.01. The molecule has 0 unspecified atom stereocenters. The zero-order chi connectivity index (χ0) is 9.84. The minimum absolute atomic E-state index is 0.0490. The fraction of sp³-hybridized carbons (Fsp3) is 0.400. The highest BCUT2D eigenvalue weighted by atomic mass is 16.5.